The molecule has 0 unspecified atom stereocenters. The topological polar surface area (TPSA) is 48.7 Å². The SMILES string of the molecule is CN(Cc1ccoc1)C(=O)N[C@@H]1CCCN(Cc2ccccc2)C1. The highest BCUT2D eigenvalue weighted by Gasteiger charge is 2.22. The fourth-order valence-corrected chi connectivity index (χ4v) is 3.17. The van der Waals surface area contributed by atoms with E-state index in [-0.39, 0.29) is 12.1 Å². The number of nitrogens with one attached hydrogen (secondary N) is 1. The smallest absolute Gasteiger partial charge is 0.317 e. The van der Waals surface area contributed by atoms with Crippen LogP contribution in [0.4, 0.5) is 4.79 Å². The first kappa shape index (κ1) is 16.6. The van der Waals surface area contributed by atoms with Crippen LogP contribution in [-0.2, 0) is 13.1 Å². The number of urea groups is 1. The molecule has 1 aromatic carbocycles. The van der Waals surface area contributed by atoms with E-state index in [1.807, 2.05) is 19.2 Å². The zero-order valence-corrected chi connectivity index (χ0v) is 14.1. The molecule has 2 heterocycles. The molecule has 0 bridgehead atoms. The van der Waals surface area contributed by atoms with Crippen molar-refractivity contribution in [3.63, 3.8) is 0 Å². The van der Waals surface area contributed by atoms with Gasteiger partial charge in [0.2, 0.25) is 0 Å². The standard InChI is InChI=1S/C19H25N3O2/c1-21(12-17-9-11-24-15-17)19(23)20-18-8-5-10-22(14-18)13-16-6-3-2-4-7-16/h2-4,6-7,9,11,15,18H,5,8,10,12-14H2,1H3,(H,20,23)/t18-/m1/s1. The lowest BCUT2D eigenvalue weighted by molar-refractivity contribution is 0.167. The van der Waals surface area contributed by atoms with Gasteiger partial charge in [0.05, 0.1) is 19.1 Å². The molecule has 0 saturated carbocycles. The first-order valence-electron chi connectivity index (χ1n) is 8.49. The van der Waals surface area contributed by atoms with E-state index in [2.05, 4.69) is 34.5 Å². The molecule has 0 spiro atoms. The molecule has 1 fully saturated rings. The van der Waals surface area contributed by atoms with E-state index in [4.69, 9.17) is 4.42 Å². The molecule has 5 heteroatoms. The van der Waals surface area contributed by atoms with Crippen molar-refractivity contribution >= 4 is 6.03 Å². The van der Waals surface area contributed by atoms with Crippen LogP contribution in [-0.4, -0.2) is 42.0 Å². The van der Waals surface area contributed by atoms with Gasteiger partial charge in [-0.05, 0) is 31.0 Å². The van der Waals surface area contributed by atoms with E-state index in [1.54, 1.807) is 17.4 Å². The van der Waals surface area contributed by atoms with E-state index in [9.17, 15) is 4.79 Å². The van der Waals surface area contributed by atoms with Crippen molar-refractivity contribution in [1.29, 1.82) is 0 Å². The quantitative estimate of drug-likeness (QED) is 0.918. The molecule has 24 heavy (non-hydrogen) atoms. The van der Waals surface area contributed by atoms with Gasteiger partial charge in [-0.3, -0.25) is 4.90 Å². The molecule has 1 atom stereocenters. The molecule has 1 N–H and O–H groups in total. The Hall–Kier alpha value is -2.27. The van der Waals surface area contributed by atoms with Gasteiger partial charge in [0.25, 0.3) is 0 Å². The molecule has 1 aliphatic heterocycles. The van der Waals surface area contributed by atoms with E-state index in [0.717, 1.165) is 38.0 Å². The number of hydrogen-bond acceptors (Lipinski definition) is 3. The molecular weight excluding hydrogens is 302 g/mol. The van der Waals surface area contributed by atoms with Gasteiger partial charge in [0.1, 0.15) is 0 Å². The molecule has 128 valence electrons. The Bertz CT molecular complexity index is 627. The predicted molar refractivity (Wildman–Crippen MR) is 93.4 cm³/mol. The first-order valence-corrected chi connectivity index (χ1v) is 8.49. The molecule has 2 amide bonds. The zero-order valence-electron chi connectivity index (χ0n) is 14.1. The lowest BCUT2D eigenvalue weighted by Crippen LogP contribution is -2.50. The number of rotatable bonds is 5. The van der Waals surface area contributed by atoms with Crippen LogP contribution >= 0.6 is 0 Å². The molecule has 1 saturated heterocycles. The monoisotopic (exact) mass is 327 g/mol. The summed E-state index contributed by atoms with van der Waals surface area (Å²) in [6.45, 7) is 3.49. The molecule has 1 aliphatic rings. The highest BCUT2D eigenvalue weighted by molar-refractivity contribution is 5.74. The van der Waals surface area contributed by atoms with Gasteiger partial charge in [-0.1, -0.05) is 30.3 Å². The summed E-state index contributed by atoms with van der Waals surface area (Å²) in [6, 6.07) is 12.6. The number of piperidine rings is 1. The lowest BCUT2D eigenvalue weighted by Gasteiger charge is -2.34. The van der Waals surface area contributed by atoms with Crippen molar-refractivity contribution in [2.75, 3.05) is 20.1 Å². The lowest BCUT2D eigenvalue weighted by atomic mass is 10.0. The fourth-order valence-electron chi connectivity index (χ4n) is 3.17. The second-order valence-electron chi connectivity index (χ2n) is 6.50. The Labute approximate surface area is 143 Å². The van der Waals surface area contributed by atoms with Crippen molar-refractivity contribution in [3.8, 4) is 0 Å². The maximum Gasteiger partial charge on any atom is 0.317 e. The van der Waals surface area contributed by atoms with E-state index in [0.29, 0.717) is 6.54 Å². The van der Waals surface area contributed by atoms with Crippen LogP contribution < -0.4 is 5.32 Å². The summed E-state index contributed by atoms with van der Waals surface area (Å²) in [5, 5.41) is 3.16. The number of likely N-dealkylation sites (tertiary alicyclic amines) is 1. The number of hydrogen-bond donors (Lipinski definition) is 1. The Morgan fingerprint density at radius 3 is 2.88 bits per heavy atom. The zero-order chi connectivity index (χ0) is 16.8. The van der Waals surface area contributed by atoms with Crippen LogP contribution in [0.3, 0.4) is 0 Å². The van der Waals surface area contributed by atoms with Crippen LogP contribution in [0.25, 0.3) is 0 Å². The average molecular weight is 327 g/mol. The number of furan rings is 1. The minimum absolute atomic E-state index is 0.0252. The summed E-state index contributed by atoms with van der Waals surface area (Å²) in [5.41, 5.74) is 2.32. The molecule has 3 rings (SSSR count). The van der Waals surface area contributed by atoms with Crippen LogP contribution in [0.15, 0.2) is 53.3 Å². The average Bonchev–Trinajstić information content (AvgIpc) is 3.09. The highest BCUT2D eigenvalue weighted by Crippen LogP contribution is 2.14. The van der Waals surface area contributed by atoms with Gasteiger partial charge < -0.3 is 14.6 Å². The normalized spacial score (nSPS) is 18.3. The van der Waals surface area contributed by atoms with Crippen molar-refractivity contribution in [2.45, 2.75) is 32.0 Å². The van der Waals surface area contributed by atoms with Crippen molar-refractivity contribution in [1.82, 2.24) is 15.1 Å². The Kier molecular flexibility index (Phi) is 5.54. The van der Waals surface area contributed by atoms with Crippen molar-refractivity contribution in [2.24, 2.45) is 0 Å². The molecule has 1 aromatic heterocycles. The first-order chi connectivity index (χ1) is 11.7. The van der Waals surface area contributed by atoms with Gasteiger partial charge in [-0.2, -0.15) is 0 Å². The van der Waals surface area contributed by atoms with Crippen molar-refractivity contribution < 1.29 is 9.21 Å². The summed E-state index contributed by atoms with van der Waals surface area (Å²) in [4.78, 5) is 16.5. The number of nitrogens with zero attached hydrogens (tertiary/aromatic N) is 2. The van der Waals surface area contributed by atoms with Gasteiger partial charge in [-0.15, -0.1) is 0 Å². The third-order valence-electron chi connectivity index (χ3n) is 4.43. The van der Waals surface area contributed by atoms with Crippen molar-refractivity contribution in [3.05, 3.63) is 60.1 Å². The fraction of sp³-hybridized carbons (Fsp3) is 0.421. The third-order valence-corrected chi connectivity index (χ3v) is 4.43. The molecular formula is C19H25N3O2. The summed E-state index contributed by atoms with van der Waals surface area (Å²) < 4.78 is 5.05. The minimum atomic E-state index is -0.0252. The van der Waals surface area contributed by atoms with Gasteiger partial charge in [0, 0.05) is 31.7 Å². The van der Waals surface area contributed by atoms with Crippen LogP contribution in [0.5, 0.6) is 0 Å². The molecule has 0 aliphatic carbocycles. The summed E-state index contributed by atoms with van der Waals surface area (Å²) >= 11 is 0. The maximum absolute atomic E-state index is 12.4. The number of benzene rings is 1. The largest absolute Gasteiger partial charge is 0.472 e. The van der Waals surface area contributed by atoms with Gasteiger partial charge in [0.15, 0.2) is 0 Å². The summed E-state index contributed by atoms with van der Waals surface area (Å²) in [7, 11) is 1.81. The van der Waals surface area contributed by atoms with Crippen LogP contribution in [0.1, 0.15) is 24.0 Å². The van der Waals surface area contributed by atoms with Crippen LogP contribution in [0, 0.1) is 0 Å². The van der Waals surface area contributed by atoms with Gasteiger partial charge >= 0.3 is 6.03 Å². The highest BCUT2D eigenvalue weighted by atomic mass is 16.3. The van der Waals surface area contributed by atoms with E-state index >= 15 is 0 Å². The predicted octanol–water partition coefficient (Wildman–Crippen LogP) is 3.09. The third kappa shape index (κ3) is 4.61. The Morgan fingerprint density at radius 2 is 2.12 bits per heavy atom. The maximum atomic E-state index is 12.4. The van der Waals surface area contributed by atoms with Gasteiger partial charge in [-0.25, -0.2) is 4.79 Å². The number of carbonyl (C=O) groups excluding carboxylic acids is 1. The second kappa shape index (κ2) is 8.02. The van der Waals surface area contributed by atoms with E-state index < -0.39 is 0 Å². The summed E-state index contributed by atoms with van der Waals surface area (Å²) in [6.07, 6.45) is 5.45. The Balaban J connectivity index is 1.48. The molecule has 2 aromatic rings. The molecule has 0 radical (unpaired) electrons. The second-order valence-corrected chi connectivity index (χ2v) is 6.50. The number of carbonyl (C=O) groups is 1. The minimum Gasteiger partial charge on any atom is -0.472 e. The summed E-state index contributed by atoms with van der Waals surface area (Å²) in [5.74, 6) is 0. The number of amides is 2. The Morgan fingerprint density at radius 1 is 1.29 bits per heavy atom. The van der Waals surface area contributed by atoms with Crippen LogP contribution in [0.2, 0.25) is 0 Å². The molecule has 5 nitrogen and oxygen atoms in total. The van der Waals surface area contributed by atoms with E-state index in [1.165, 1.54) is 5.56 Å².